The Balaban J connectivity index is 1.46. The lowest BCUT2D eigenvalue weighted by Gasteiger charge is -2.30. The Labute approximate surface area is 187 Å². The topological polar surface area (TPSA) is 75.7 Å². The van der Waals surface area contributed by atoms with Crippen LogP contribution in [-0.2, 0) is 21.2 Å². The van der Waals surface area contributed by atoms with E-state index in [1.807, 2.05) is 19.9 Å². The van der Waals surface area contributed by atoms with Gasteiger partial charge < -0.3 is 10.1 Å². The smallest absolute Gasteiger partial charge is 0.387 e. The van der Waals surface area contributed by atoms with Crippen LogP contribution in [0.5, 0.6) is 5.75 Å². The fraction of sp³-hybridized carbons (Fsp3) is 0.435. The minimum atomic E-state index is -3.57. The predicted octanol–water partition coefficient (Wildman–Crippen LogP) is 3.66. The Hall–Kier alpha value is -2.52. The van der Waals surface area contributed by atoms with Gasteiger partial charge in [0.05, 0.1) is 4.90 Å². The first-order chi connectivity index (χ1) is 15.2. The number of halogens is 2. The summed E-state index contributed by atoms with van der Waals surface area (Å²) in [6.45, 7) is 1.98. The summed E-state index contributed by atoms with van der Waals surface area (Å²) in [5.74, 6) is -0.232. The second-order valence-corrected chi connectivity index (χ2v) is 9.93. The van der Waals surface area contributed by atoms with E-state index in [2.05, 4.69) is 10.1 Å². The van der Waals surface area contributed by atoms with Crippen LogP contribution in [0.15, 0.2) is 47.4 Å². The molecule has 1 saturated heterocycles. The number of aryl methyl sites for hydroxylation is 2. The van der Waals surface area contributed by atoms with E-state index in [4.69, 9.17) is 0 Å². The molecule has 1 heterocycles. The van der Waals surface area contributed by atoms with Gasteiger partial charge in [-0.1, -0.05) is 18.2 Å². The lowest BCUT2D eigenvalue weighted by Crippen LogP contribution is -2.43. The molecule has 6 nitrogen and oxygen atoms in total. The van der Waals surface area contributed by atoms with E-state index >= 15 is 0 Å². The average Bonchev–Trinajstić information content (AvgIpc) is 2.76. The van der Waals surface area contributed by atoms with Gasteiger partial charge in [0.15, 0.2) is 0 Å². The van der Waals surface area contributed by atoms with Gasteiger partial charge in [0.1, 0.15) is 5.75 Å². The zero-order valence-corrected chi connectivity index (χ0v) is 19.0. The number of hydrogen-bond acceptors (Lipinski definition) is 4. The Morgan fingerprint density at radius 1 is 1.09 bits per heavy atom. The van der Waals surface area contributed by atoms with E-state index in [1.54, 1.807) is 24.3 Å². The summed E-state index contributed by atoms with van der Waals surface area (Å²) < 4.78 is 56.0. The van der Waals surface area contributed by atoms with Gasteiger partial charge in [-0.2, -0.15) is 13.1 Å². The van der Waals surface area contributed by atoms with Gasteiger partial charge in [0.25, 0.3) is 0 Å². The number of piperidine rings is 1. The molecule has 2 aromatic carbocycles. The van der Waals surface area contributed by atoms with Crippen LogP contribution >= 0.6 is 0 Å². The molecule has 1 aliphatic rings. The molecular weight excluding hydrogens is 438 g/mol. The van der Waals surface area contributed by atoms with Gasteiger partial charge in [0, 0.05) is 25.6 Å². The third-order valence-electron chi connectivity index (χ3n) is 5.80. The summed E-state index contributed by atoms with van der Waals surface area (Å²) in [5, 5.41) is 2.89. The van der Waals surface area contributed by atoms with Gasteiger partial charge >= 0.3 is 6.61 Å². The molecule has 1 amide bonds. The van der Waals surface area contributed by atoms with Crippen molar-refractivity contribution in [1.29, 1.82) is 0 Å². The first-order valence-electron chi connectivity index (χ1n) is 10.6. The van der Waals surface area contributed by atoms with Crippen LogP contribution in [0.1, 0.15) is 29.5 Å². The maximum Gasteiger partial charge on any atom is 0.387 e. The van der Waals surface area contributed by atoms with E-state index in [0.717, 1.165) is 16.7 Å². The predicted molar refractivity (Wildman–Crippen MR) is 117 cm³/mol. The Morgan fingerprint density at radius 2 is 1.75 bits per heavy atom. The minimum absolute atomic E-state index is 0.0918. The summed E-state index contributed by atoms with van der Waals surface area (Å²) in [6, 6.07) is 11.4. The number of alkyl halides is 2. The largest absolute Gasteiger partial charge is 0.435 e. The second kappa shape index (κ2) is 10.4. The third kappa shape index (κ3) is 6.04. The van der Waals surface area contributed by atoms with Gasteiger partial charge in [-0.15, -0.1) is 0 Å². The summed E-state index contributed by atoms with van der Waals surface area (Å²) in [7, 11) is -3.57. The number of carbonyl (C=O) groups excluding carboxylic acids is 1. The van der Waals surface area contributed by atoms with Crippen molar-refractivity contribution in [2.24, 2.45) is 5.92 Å². The number of nitrogens with one attached hydrogen (secondary N) is 1. The van der Waals surface area contributed by atoms with Crippen molar-refractivity contribution in [3.05, 3.63) is 59.2 Å². The molecule has 9 heteroatoms. The molecule has 0 unspecified atom stereocenters. The van der Waals surface area contributed by atoms with Crippen LogP contribution in [0.2, 0.25) is 0 Å². The van der Waals surface area contributed by atoms with Gasteiger partial charge in [0.2, 0.25) is 15.9 Å². The second-order valence-electron chi connectivity index (χ2n) is 7.99. The number of carbonyl (C=O) groups is 1. The highest BCUT2D eigenvalue weighted by Crippen LogP contribution is 2.25. The molecule has 0 spiro atoms. The molecule has 0 atom stereocenters. The molecule has 0 aliphatic carbocycles. The van der Waals surface area contributed by atoms with E-state index in [-0.39, 0.29) is 22.5 Å². The van der Waals surface area contributed by atoms with Crippen LogP contribution in [0.25, 0.3) is 0 Å². The summed E-state index contributed by atoms with van der Waals surface area (Å²) >= 11 is 0. The van der Waals surface area contributed by atoms with Crippen molar-refractivity contribution in [1.82, 2.24) is 9.62 Å². The Bertz CT molecular complexity index is 1030. The summed E-state index contributed by atoms with van der Waals surface area (Å²) in [5.41, 5.74) is 2.86. The van der Waals surface area contributed by atoms with E-state index in [1.165, 1.54) is 16.4 Å². The Morgan fingerprint density at radius 3 is 2.34 bits per heavy atom. The zero-order chi connectivity index (χ0) is 23.3. The molecule has 3 rings (SSSR count). The van der Waals surface area contributed by atoms with Crippen LogP contribution in [0.4, 0.5) is 8.78 Å². The fourth-order valence-corrected chi connectivity index (χ4v) is 5.25. The normalized spacial score (nSPS) is 15.7. The highest BCUT2D eigenvalue weighted by molar-refractivity contribution is 7.89. The number of hydrogen-bond donors (Lipinski definition) is 1. The number of amides is 1. The quantitative estimate of drug-likeness (QED) is 0.644. The van der Waals surface area contributed by atoms with Crippen molar-refractivity contribution in [3.8, 4) is 5.75 Å². The van der Waals surface area contributed by atoms with E-state index in [9.17, 15) is 22.0 Å². The first-order valence-corrected chi connectivity index (χ1v) is 12.0. The van der Waals surface area contributed by atoms with Crippen LogP contribution in [0, 0.1) is 19.8 Å². The molecule has 0 aromatic heterocycles. The molecule has 0 radical (unpaired) electrons. The lowest BCUT2D eigenvalue weighted by molar-refractivity contribution is -0.126. The number of benzene rings is 2. The summed E-state index contributed by atoms with van der Waals surface area (Å²) in [4.78, 5) is 12.8. The van der Waals surface area contributed by atoms with Gasteiger partial charge in [-0.3, -0.25) is 4.79 Å². The maximum atomic E-state index is 12.9. The van der Waals surface area contributed by atoms with Crippen molar-refractivity contribution >= 4 is 15.9 Å². The van der Waals surface area contributed by atoms with Gasteiger partial charge in [-0.05, 0) is 74.1 Å². The highest BCUT2D eigenvalue weighted by atomic mass is 32.2. The molecule has 1 fully saturated rings. The van der Waals surface area contributed by atoms with Crippen LogP contribution < -0.4 is 10.1 Å². The number of rotatable bonds is 8. The van der Waals surface area contributed by atoms with Crippen LogP contribution in [-0.4, -0.2) is 44.9 Å². The Kier molecular flexibility index (Phi) is 7.84. The molecule has 1 aliphatic heterocycles. The van der Waals surface area contributed by atoms with E-state index in [0.29, 0.717) is 38.9 Å². The molecule has 1 N–H and O–H groups in total. The van der Waals surface area contributed by atoms with E-state index < -0.39 is 16.6 Å². The number of ether oxygens (including phenoxy) is 1. The molecular formula is C23H28F2N2O4S. The minimum Gasteiger partial charge on any atom is -0.435 e. The highest BCUT2D eigenvalue weighted by Gasteiger charge is 2.32. The average molecular weight is 467 g/mol. The first kappa shape index (κ1) is 24.1. The van der Waals surface area contributed by atoms with Crippen molar-refractivity contribution in [2.45, 2.75) is 44.6 Å². The maximum absolute atomic E-state index is 12.9. The molecule has 0 saturated carbocycles. The molecule has 32 heavy (non-hydrogen) atoms. The number of nitrogens with zero attached hydrogens (tertiary/aromatic N) is 1. The van der Waals surface area contributed by atoms with Crippen LogP contribution in [0.3, 0.4) is 0 Å². The molecule has 174 valence electrons. The van der Waals surface area contributed by atoms with Gasteiger partial charge in [-0.25, -0.2) is 8.42 Å². The standard InChI is InChI=1S/C23H28F2N2O4S/c1-16-3-8-21(15-17(16)2)32(29,30)27-13-10-19(11-14-27)22(28)26-12-9-18-4-6-20(7-5-18)31-23(24)25/h3-8,15,19,23H,9-14H2,1-2H3,(H,26,28). The molecule has 2 aromatic rings. The zero-order valence-electron chi connectivity index (χ0n) is 18.2. The summed E-state index contributed by atoms with van der Waals surface area (Å²) in [6.07, 6.45) is 1.49. The SMILES string of the molecule is Cc1ccc(S(=O)(=O)N2CCC(C(=O)NCCc3ccc(OC(F)F)cc3)CC2)cc1C. The molecule has 0 bridgehead atoms. The number of sulfonamides is 1. The monoisotopic (exact) mass is 466 g/mol. The third-order valence-corrected chi connectivity index (χ3v) is 7.70. The lowest BCUT2D eigenvalue weighted by atomic mass is 9.97. The van der Waals surface area contributed by atoms with Crippen molar-refractivity contribution in [3.63, 3.8) is 0 Å². The van der Waals surface area contributed by atoms with Crippen molar-refractivity contribution in [2.75, 3.05) is 19.6 Å². The fourth-order valence-electron chi connectivity index (χ4n) is 3.69. The van der Waals surface area contributed by atoms with Crippen molar-refractivity contribution < 1.29 is 26.7 Å².